The summed E-state index contributed by atoms with van der Waals surface area (Å²) in [7, 11) is -3.13. The Hall–Kier alpha value is -0.470. The molecule has 0 radical (unpaired) electrons. The number of hydrogen-bond acceptors (Lipinski definition) is 5. The van der Waals surface area contributed by atoms with Gasteiger partial charge in [0.25, 0.3) is 0 Å². The molecule has 1 aromatic heterocycles. The summed E-state index contributed by atoms with van der Waals surface area (Å²) in [6.45, 7) is 4.30. The van der Waals surface area contributed by atoms with E-state index >= 15 is 0 Å². The van der Waals surface area contributed by atoms with Crippen molar-refractivity contribution < 1.29 is 13.2 Å². The van der Waals surface area contributed by atoms with Crippen molar-refractivity contribution in [1.29, 1.82) is 0 Å². The maximum atomic E-state index is 11.2. The van der Waals surface area contributed by atoms with Crippen molar-refractivity contribution in [3.05, 3.63) is 22.4 Å². The Balaban J connectivity index is 1.52. The van der Waals surface area contributed by atoms with E-state index in [-0.39, 0.29) is 6.10 Å². The van der Waals surface area contributed by atoms with E-state index in [1.54, 1.807) is 11.3 Å². The molecule has 21 heavy (non-hydrogen) atoms. The Kier molecular flexibility index (Phi) is 4.66. The average Bonchev–Trinajstić information content (AvgIpc) is 3.04. The van der Waals surface area contributed by atoms with Crippen molar-refractivity contribution in [2.45, 2.75) is 19.1 Å². The molecule has 0 spiro atoms. The number of piperidine rings is 1. The van der Waals surface area contributed by atoms with Crippen LogP contribution in [-0.4, -0.2) is 51.9 Å². The molecule has 118 valence electrons. The second-order valence-corrected chi connectivity index (χ2v) is 8.88. The molecule has 2 saturated heterocycles. The molecule has 0 aromatic carbocycles. The minimum Gasteiger partial charge on any atom is -0.376 e. The predicted molar refractivity (Wildman–Crippen MR) is 83.8 cm³/mol. The molecule has 0 aliphatic carbocycles. The van der Waals surface area contributed by atoms with E-state index in [1.165, 1.54) is 11.1 Å². The fourth-order valence-electron chi connectivity index (χ4n) is 3.37. The van der Waals surface area contributed by atoms with Crippen LogP contribution < -0.4 is 4.72 Å². The Morgan fingerprint density at radius 1 is 1.52 bits per heavy atom. The van der Waals surface area contributed by atoms with Crippen LogP contribution in [0.5, 0.6) is 0 Å². The Morgan fingerprint density at radius 2 is 2.38 bits per heavy atom. The summed E-state index contributed by atoms with van der Waals surface area (Å²) >= 11 is 1.80. The minimum absolute atomic E-state index is 0.0358. The van der Waals surface area contributed by atoms with E-state index in [0.29, 0.717) is 18.4 Å². The molecule has 0 unspecified atom stereocenters. The molecule has 5 nitrogen and oxygen atoms in total. The number of ether oxygens (including phenoxy) is 1. The van der Waals surface area contributed by atoms with Crippen molar-refractivity contribution in [1.82, 2.24) is 9.62 Å². The summed E-state index contributed by atoms with van der Waals surface area (Å²) in [5.41, 5.74) is 0. The number of likely N-dealkylation sites (tertiary alicyclic amines) is 1. The second kappa shape index (κ2) is 6.34. The number of fused-ring (bicyclic) bond motifs is 1. The van der Waals surface area contributed by atoms with Gasteiger partial charge in [0.15, 0.2) is 0 Å². The van der Waals surface area contributed by atoms with Crippen LogP contribution in [0.4, 0.5) is 0 Å². The van der Waals surface area contributed by atoms with Crippen LogP contribution in [0.2, 0.25) is 0 Å². The summed E-state index contributed by atoms with van der Waals surface area (Å²) in [6, 6.07) is 4.28. The molecule has 0 bridgehead atoms. The number of nitrogens with zero attached hydrogens (tertiary/aromatic N) is 1. The van der Waals surface area contributed by atoms with Crippen LogP contribution in [-0.2, 0) is 21.3 Å². The van der Waals surface area contributed by atoms with Gasteiger partial charge in [-0.1, -0.05) is 6.07 Å². The van der Waals surface area contributed by atoms with Crippen molar-refractivity contribution in [2.24, 2.45) is 11.8 Å². The third-order valence-electron chi connectivity index (χ3n) is 4.39. The van der Waals surface area contributed by atoms with Gasteiger partial charge < -0.3 is 4.74 Å². The first-order chi connectivity index (χ1) is 10.0. The average molecular weight is 330 g/mol. The predicted octanol–water partition coefficient (Wildman–Crippen LogP) is 1.13. The lowest BCUT2D eigenvalue weighted by atomic mass is 9.84. The van der Waals surface area contributed by atoms with Gasteiger partial charge in [0.1, 0.15) is 0 Å². The fourth-order valence-corrected chi connectivity index (χ4v) is 4.59. The highest BCUT2D eigenvalue weighted by Gasteiger charge is 2.40. The van der Waals surface area contributed by atoms with Crippen molar-refractivity contribution in [2.75, 3.05) is 32.5 Å². The standard InChI is InChI=1S/C14H22N2O3S2/c1-21(17,18)15-7-14-13-4-5-16(8-11(13)10-19-14)9-12-3-2-6-20-12/h2-3,6,11,13-15H,4-5,7-10H2,1H3/t11-,13-,14+/m0/s1. The summed E-state index contributed by atoms with van der Waals surface area (Å²) in [5, 5.41) is 2.12. The first-order valence-electron chi connectivity index (χ1n) is 7.32. The zero-order chi connectivity index (χ0) is 14.9. The highest BCUT2D eigenvalue weighted by molar-refractivity contribution is 7.88. The van der Waals surface area contributed by atoms with Crippen molar-refractivity contribution >= 4 is 21.4 Å². The maximum absolute atomic E-state index is 11.2. The van der Waals surface area contributed by atoms with Gasteiger partial charge in [-0.15, -0.1) is 11.3 Å². The molecule has 1 aromatic rings. The lowest BCUT2D eigenvalue weighted by Gasteiger charge is -2.35. The summed E-state index contributed by atoms with van der Waals surface area (Å²) in [4.78, 5) is 3.89. The molecule has 3 heterocycles. The topological polar surface area (TPSA) is 58.6 Å². The van der Waals surface area contributed by atoms with Crippen LogP contribution in [0, 0.1) is 11.8 Å². The Labute approximate surface area is 130 Å². The number of rotatable bonds is 5. The third kappa shape index (κ3) is 4.04. The zero-order valence-electron chi connectivity index (χ0n) is 12.2. The monoisotopic (exact) mass is 330 g/mol. The molecule has 3 atom stereocenters. The lowest BCUT2D eigenvalue weighted by molar-refractivity contribution is 0.0886. The van der Waals surface area contributed by atoms with Crippen LogP contribution in [0.25, 0.3) is 0 Å². The van der Waals surface area contributed by atoms with E-state index in [9.17, 15) is 8.42 Å². The number of sulfonamides is 1. The van der Waals surface area contributed by atoms with E-state index in [0.717, 1.165) is 32.7 Å². The van der Waals surface area contributed by atoms with Gasteiger partial charge in [-0.05, 0) is 30.3 Å². The molecule has 1 N–H and O–H groups in total. The number of nitrogens with one attached hydrogen (secondary N) is 1. The smallest absolute Gasteiger partial charge is 0.208 e. The van der Waals surface area contributed by atoms with Crippen molar-refractivity contribution in [3.8, 4) is 0 Å². The fraction of sp³-hybridized carbons (Fsp3) is 0.714. The lowest BCUT2D eigenvalue weighted by Crippen LogP contribution is -2.43. The molecule has 0 saturated carbocycles. The Morgan fingerprint density at radius 3 is 3.10 bits per heavy atom. The van der Waals surface area contributed by atoms with Crippen LogP contribution in [0.1, 0.15) is 11.3 Å². The van der Waals surface area contributed by atoms with E-state index in [1.807, 2.05) is 0 Å². The van der Waals surface area contributed by atoms with Gasteiger partial charge in [-0.3, -0.25) is 4.90 Å². The SMILES string of the molecule is CS(=O)(=O)NC[C@H]1OC[C@@H]2CN(Cc3cccs3)CC[C@@H]21. The molecular weight excluding hydrogens is 308 g/mol. The summed E-state index contributed by atoms with van der Waals surface area (Å²) < 4.78 is 30.8. The van der Waals surface area contributed by atoms with Crippen LogP contribution in [0.15, 0.2) is 17.5 Å². The van der Waals surface area contributed by atoms with Gasteiger partial charge in [0.05, 0.1) is 19.0 Å². The number of hydrogen-bond donors (Lipinski definition) is 1. The highest BCUT2D eigenvalue weighted by atomic mass is 32.2. The highest BCUT2D eigenvalue weighted by Crippen LogP contribution is 2.34. The van der Waals surface area contributed by atoms with E-state index < -0.39 is 10.0 Å². The number of thiophene rings is 1. The minimum atomic E-state index is -3.13. The normalized spacial score (nSPS) is 30.4. The summed E-state index contributed by atoms with van der Waals surface area (Å²) in [6.07, 6.45) is 2.32. The van der Waals surface area contributed by atoms with Gasteiger partial charge in [0, 0.05) is 30.4 Å². The van der Waals surface area contributed by atoms with E-state index in [2.05, 4.69) is 27.1 Å². The molecular formula is C14H22N2O3S2. The first-order valence-corrected chi connectivity index (χ1v) is 10.1. The molecule has 2 fully saturated rings. The van der Waals surface area contributed by atoms with Gasteiger partial charge in [-0.25, -0.2) is 13.1 Å². The molecule has 7 heteroatoms. The zero-order valence-corrected chi connectivity index (χ0v) is 13.8. The summed E-state index contributed by atoms with van der Waals surface area (Å²) in [5.74, 6) is 1.02. The van der Waals surface area contributed by atoms with Gasteiger partial charge in [-0.2, -0.15) is 0 Å². The van der Waals surface area contributed by atoms with Gasteiger partial charge in [0.2, 0.25) is 10.0 Å². The molecule has 2 aliphatic heterocycles. The second-order valence-electron chi connectivity index (χ2n) is 6.02. The quantitative estimate of drug-likeness (QED) is 0.879. The Bertz CT molecular complexity index is 559. The van der Waals surface area contributed by atoms with Gasteiger partial charge >= 0.3 is 0 Å². The largest absolute Gasteiger partial charge is 0.376 e. The molecule has 2 aliphatic rings. The first kappa shape index (κ1) is 15.4. The maximum Gasteiger partial charge on any atom is 0.208 e. The van der Waals surface area contributed by atoms with Crippen LogP contribution >= 0.6 is 11.3 Å². The van der Waals surface area contributed by atoms with E-state index in [4.69, 9.17) is 4.74 Å². The van der Waals surface area contributed by atoms with Crippen LogP contribution in [0.3, 0.4) is 0 Å². The van der Waals surface area contributed by atoms with Crippen molar-refractivity contribution in [3.63, 3.8) is 0 Å². The molecule has 0 amide bonds. The third-order valence-corrected chi connectivity index (χ3v) is 5.94. The molecule has 3 rings (SSSR count).